The molecule has 1 N–H and O–H groups in total. The molecule has 0 unspecified atom stereocenters. The van der Waals surface area contributed by atoms with E-state index in [1.165, 1.54) is 30.1 Å². The highest BCUT2D eigenvalue weighted by Gasteiger charge is 2.24. The summed E-state index contributed by atoms with van der Waals surface area (Å²) in [5, 5.41) is 37.0. The van der Waals surface area contributed by atoms with Crippen molar-refractivity contribution in [1.29, 1.82) is 10.5 Å². The van der Waals surface area contributed by atoms with Crippen LogP contribution in [0.15, 0.2) is 58.8 Å². The van der Waals surface area contributed by atoms with Crippen LogP contribution in [-0.4, -0.2) is 55.0 Å². The molecule has 0 aliphatic carbocycles. The molecule has 0 saturated carbocycles. The second kappa shape index (κ2) is 9.82. The lowest BCUT2D eigenvalue weighted by Crippen LogP contribution is -2.40. The minimum Gasteiger partial charge on any atom is -0.387 e. The number of aliphatic hydroxyl groups is 1. The molecule has 3 aromatic heterocycles. The van der Waals surface area contributed by atoms with Crippen molar-refractivity contribution in [2.45, 2.75) is 28.7 Å². The number of hydrogen-bond donors (Lipinski definition) is 1. The molecular weight excluding hydrogens is 481 g/mol. The first kappa shape index (κ1) is 23.5. The molecule has 5 rings (SSSR count). The summed E-state index contributed by atoms with van der Waals surface area (Å²) >= 11 is 1.27. The van der Waals surface area contributed by atoms with Crippen LogP contribution in [0.2, 0.25) is 0 Å². The van der Waals surface area contributed by atoms with Gasteiger partial charge in [-0.15, -0.1) is 0 Å². The molecule has 0 radical (unpaired) electrons. The van der Waals surface area contributed by atoms with Gasteiger partial charge in [0.25, 0.3) is 0 Å². The van der Waals surface area contributed by atoms with Crippen LogP contribution in [0, 0.1) is 28.5 Å². The fourth-order valence-corrected chi connectivity index (χ4v) is 5.44. The lowest BCUT2D eigenvalue weighted by atomic mass is 10.1. The Balaban J connectivity index is 1.48. The van der Waals surface area contributed by atoms with Gasteiger partial charge in [-0.3, -0.25) is 9.48 Å². The summed E-state index contributed by atoms with van der Waals surface area (Å²) in [6, 6.07) is 10.3. The molecule has 1 aromatic carbocycles. The van der Waals surface area contributed by atoms with E-state index in [1.807, 2.05) is 29.2 Å². The Morgan fingerprint density at radius 2 is 1.83 bits per heavy atom. The lowest BCUT2D eigenvalue weighted by molar-refractivity contribution is -0.135. The summed E-state index contributed by atoms with van der Waals surface area (Å²) < 4.78 is 17.2. The molecule has 4 heterocycles. The quantitative estimate of drug-likeness (QED) is 0.445. The molecule has 180 valence electrons. The average Bonchev–Trinajstić information content (AvgIpc) is 3.57. The monoisotopic (exact) mass is 501 g/mol. The van der Waals surface area contributed by atoms with E-state index in [-0.39, 0.29) is 17.5 Å². The van der Waals surface area contributed by atoms with Gasteiger partial charge in [0, 0.05) is 46.4 Å². The summed E-state index contributed by atoms with van der Waals surface area (Å²) in [5.41, 5.74) is 2.87. The zero-order valence-electron chi connectivity index (χ0n) is 19.0. The Labute approximate surface area is 210 Å². The maximum absolute atomic E-state index is 13.7. The van der Waals surface area contributed by atoms with Gasteiger partial charge in [-0.2, -0.15) is 20.7 Å². The van der Waals surface area contributed by atoms with Crippen molar-refractivity contribution >= 4 is 23.2 Å². The SMILES string of the molecule is N#Cc1cc(F)ccc1Sc1cc(-c2cnn(C3CCN(C(=O)CO)CC3)c2)cn2ncc(C#N)c12. The number of fused-ring (bicyclic) bond motifs is 1. The van der Waals surface area contributed by atoms with Gasteiger partial charge in [0.2, 0.25) is 5.91 Å². The van der Waals surface area contributed by atoms with Gasteiger partial charge in [-0.1, -0.05) is 11.8 Å². The number of carbonyl (C=O) groups is 1. The highest BCUT2D eigenvalue weighted by atomic mass is 32.2. The number of piperidine rings is 1. The summed E-state index contributed by atoms with van der Waals surface area (Å²) in [5.74, 6) is -0.750. The summed E-state index contributed by atoms with van der Waals surface area (Å²) in [6.45, 7) is 0.651. The van der Waals surface area contributed by atoms with Crippen molar-refractivity contribution < 1.29 is 14.3 Å². The number of likely N-dealkylation sites (tertiary alicyclic amines) is 1. The first-order valence-electron chi connectivity index (χ1n) is 11.2. The molecule has 0 bridgehead atoms. The smallest absolute Gasteiger partial charge is 0.248 e. The largest absolute Gasteiger partial charge is 0.387 e. The Morgan fingerprint density at radius 1 is 1.06 bits per heavy atom. The fraction of sp³-hybridized carbons (Fsp3) is 0.240. The number of aromatic nitrogens is 4. The van der Waals surface area contributed by atoms with Crippen molar-refractivity contribution in [3.8, 4) is 23.3 Å². The van der Waals surface area contributed by atoms with Crippen LogP contribution in [0.3, 0.4) is 0 Å². The molecule has 1 fully saturated rings. The maximum Gasteiger partial charge on any atom is 0.248 e. The first-order valence-corrected chi connectivity index (χ1v) is 12.0. The molecule has 36 heavy (non-hydrogen) atoms. The summed E-state index contributed by atoms with van der Waals surface area (Å²) in [7, 11) is 0. The Morgan fingerprint density at radius 3 is 2.56 bits per heavy atom. The number of nitrogens with zero attached hydrogens (tertiary/aromatic N) is 7. The van der Waals surface area contributed by atoms with Gasteiger partial charge >= 0.3 is 0 Å². The van der Waals surface area contributed by atoms with E-state index in [9.17, 15) is 19.7 Å². The van der Waals surface area contributed by atoms with Crippen LogP contribution in [-0.2, 0) is 4.79 Å². The maximum atomic E-state index is 13.7. The normalized spacial score (nSPS) is 14.1. The van der Waals surface area contributed by atoms with Gasteiger partial charge in [0.15, 0.2) is 0 Å². The van der Waals surface area contributed by atoms with Crippen molar-refractivity contribution in [3.05, 3.63) is 66.0 Å². The van der Waals surface area contributed by atoms with E-state index in [0.717, 1.165) is 24.0 Å². The van der Waals surface area contributed by atoms with Crippen LogP contribution in [0.5, 0.6) is 0 Å². The van der Waals surface area contributed by atoms with Gasteiger partial charge in [-0.05, 0) is 37.1 Å². The third kappa shape index (κ3) is 4.42. The highest BCUT2D eigenvalue weighted by molar-refractivity contribution is 7.99. The van der Waals surface area contributed by atoms with Crippen molar-refractivity contribution in [2.24, 2.45) is 0 Å². The number of rotatable bonds is 5. The van der Waals surface area contributed by atoms with E-state index in [4.69, 9.17) is 5.11 Å². The zero-order chi connectivity index (χ0) is 25.2. The minimum atomic E-state index is -0.490. The van der Waals surface area contributed by atoms with Gasteiger partial charge in [0.05, 0.1) is 35.1 Å². The Kier molecular flexibility index (Phi) is 6.42. The summed E-state index contributed by atoms with van der Waals surface area (Å²) in [6.07, 6.45) is 8.48. The van der Waals surface area contributed by atoms with Crippen LogP contribution < -0.4 is 0 Å². The number of amides is 1. The molecule has 1 aliphatic rings. The van der Waals surface area contributed by atoms with Crippen LogP contribution in [0.4, 0.5) is 4.39 Å². The predicted molar refractivity (Wildman–Crippen MR) is 128 cm³/mol. The number of carbonyl (C=O) groups excluding carboxylic acids is 1. The van der Waals surface area contributed by atoms with Crippen LogP contribution >= 0.6 is 11.8 Å². The molecule has 4 aromatic rings. The first-order chi connectivity index (χ1) is 17.5. The third-order valence-electron chi connectivity index (χ3n) is 6.24. The topological polar surface area (TPSA) is 123 Å². The average molecular weight is 502 g/mol. The minimum absolute atomic E-state index is 0.131. The molecule has 11 heteroatoms. The van der Waals surface area contributed by atoms with Crippen molar-refractivity contribution in [2.75, 3.05) is 19.7 Å². The predicted octanol–water partition coefficient (Wildman–Crippen LogP) is 3.39. The molecule has 0 atom stereocenters. The second-order valence-corrected chi connectivity index (χ2v) is 9.47. The van der Waals surface area contributed by atoms with Crippen molar-refractivity contribution in [1.82, 2.24) is 24.3 Å². The Hall–Kier alpha value is -4.19. The Bertz CT molecular complexity index is 1540. The molecule has 0 spiro atoms. The lowest BCUT2D eigenvalue weighted by Gasteiger charge is -2.31. The van der Waals surface area contributed by atoms with E-state index < -0.39 is 12.4 Å². The molecule has 1 amide bonds. The van der Waals surface area contributed by atoms with Crippen molar-refractivity contribution in [3.63, 3.8) is 0 Å². The fourth-order valence-electron chi connectivity index (χ4n) is 4.37. The van der Waals surface area contributed by atoms with Gasteiger partial charge < -0.3 is 10.0 Å². The number of benzene rings is 1. The standard InChI is InChI=1S/C25H20FN7O2S/c26-20-1-2-22(16(7-20)9-27)36-23-8-17(13-33-25(23)18(10-28)11-30-33)19-12-29-32(14-19)21-3-5-31(6-4-21)24(35)15-34/h1-2,7-8,11-14,21,34H,3-6,15H2. The number of nitriles is 2. The number of halogens is 1. The van der Waals surface area contributed by atoms with Gasteiger partial charge in [-0.25, -0.2) is 8.91 Å². The number of hydrogen-bond acceptors (Lipinski definition) is 7. The molecule has 9 nitrogen and oxygen atoms in total. The van der Waals surface area contributed by atoms with E-state index in [0.29, 0.717) is 34.0 Å². The highest BCUT2D eigenvalue weighted by Crippen LogP contribution is 2.37. The number of aliphatic hydroxyl groups excluding tert-OH is 1. The van der Waals surface area contributed by atoms with E-state index >= 15 is 0 Å². The second-order valence-electron chi connectivity index (χ2n) is 8.39. The third-order valence-corrected chi connectivity index (χ3v) is 7.35. The van der Waals surface area contributed by atoms with Crippen LogP contribution in [0.25, 0.3) is 16.6 Å². The van der Waals surface area contributed by atoms with E-state index in [2.05, 4.69) is 16.3 Å². The summed E-state index contributed by atoms with van der Waals surface area (Å²) in [4.78, 5) is 14.7. The van der Waals surface area contributed by atoms with Gasteiger partial charge in [0.1, 0.15) is 24.6 Å². The van der Waals surface area contributed by atoms with Crippen LogP contribution in [0.1, 0.15) is 30.0 Å². The zero-order valence-corrected chi connectivity index (χ0v) is 19.8. The molecular formula is C25H20FN7O2S. The number of pyridine rings is 1. The molecule has 1 aliphatic heterocycles. The molecule has 1 saturated heterocycles. The van der Waals surface area contributed by atoms with E-state index in [1.54, 1.807) is 21.7 Å².